The first-order chi connectivity index (χ1) is 8.91. The van der Waals surface area contributed by atoms with Gasteiger partial charge in [0.05, 0.1) is 17.0 Å². The molecule has 0 aliphatic rings. The number of rotatable bonds is 4. The molecule has 1 rings (SSSR count). The number of halogens is 2. The van der Waals surface area contributed by atoms with Crippen molar-refractivity contribution in [3.05, 3.63) is 26.6 Å². The van der Waals surface area contributed by atoms with Crippen LogP contribution in [0.4, 0.5) is 5.69 Å². The highest BCUT2D eigenvalue weighted by Gasteiger charge is 2.24. The van der Waals surface area contributed by atoms with Crippen LogP contribution in [0.1, 0.15) is 31.1 Å². The van der Waals surface area contributed by atoms with E-state index in [0.29, 0.717) is 8.95 Å². The Labute approximate surface area is 135 Å². The molecule has 0 fully saturated rings. The van der Waals surface area contributed by atoms with Crippen molar-refractivity contribution in [3.63, 3.8) is 0 Å². The van der Waals surface area contributed by atoms with Gasteiger partial charge in [-0.05, 0) is 33.5 Å². The number of nitrogens with one attached hydrogen (secondary N) is 1. The van der Waals surface area contributed by atoms with Gasteiger partial charge in [-0.25, -0.2) is 13.2 Å². The highest BCUT2D eigenvalue weighted by atomic mass is 79.9. The van der Waals surface area contributed by atoms with Crippen LogP contribution in [0.3, 0.4) is 0 Å². The summed E-state index contributed by atoms with van der Waals surface area (Å²) in [6.45, 7) is 5.38. The minimum Gasteiger partial charge on any atom is -0.478 e. The molecule has 0 saturated heterocycles. The standard InChI is InChI=1S/C12H15Br2NO4S/c1-12(2,3)6-20(18,19)15-10-8(11(16)17)4-7(13)5-9(10)14/h4-5,15H,6H2,1-3H3,(H,16,17). The van der Waals surface area contributed by atoms with E-state index in [4.69, 9.17) is 5.11 Å². The zero-order valence-corrected chi connectivity index (χ0v) is 15.2. The molecule has 2 N–H and O–H groups in total. The topological polar surface area (TPSA) is 83.5 Å². The van der Waals surface area contributed by atoms with Gasteiger partial charge in [-0.2, -0.15) is 0 Å². The first kappa shape index (κ1) is 17.5. The van der Waals surface area contributed by atoms with Gasteiger partial charge in [-0.15, -0.1) is 0 Å². The largest absolute Gasteiger partial charge is 0.478 e. The summed E-state index contributed by atoms with van der Waals surface area (Å²) in [6, 6.07) is 2.93. The van der Waals surface area contributed by atoms with Crippen molar-refractivity contribution < 1.29 is 18.3 Å². The Hall–Kier alpha value is -0.600. The summed E-state index contributed by atoms with van der Waals surface area (Å²) in [5.74, 6) is -1.32. The summed E-state index contributed by atoms with van der Waals surface area (Å²) < 4.78 is 27.4. The predicted octanol–water partition coefficient (Wildman–Crippen LogP) is 3.70. The number of anilines is 1. The maximum Gasteiger partial charge on any atom is 0.337 e. The van der Waals surface area contributed by atoms with Crippen molar-refractivity contribution in [2.24, 2.45) is 5.41 Å². The second kappa shape index (κ2) is 6.03. The van der Waals surface area contributed by atoms with Crippen LogP contribution in [0, 0.1) is 5.41 Å². The fourth-order valence-corrected chi connectivity index (χ4v) is 4.81. The summed E-state index contributed by atoms with van der Waals surface area (Å²) in [4.78, 5) is 11.2. The number of benzene rings is 1. The first-order valence-corrected chi connectivity index (χ1v) is 8.88. The Morgan fingerprint density at radius 3 is 2.30 bits per heavy atom. The second-order valence-electron chi connectivity index (χ2n) is 5.54. The van der Waals surface area contributed by atoms with E-state index >= 15 is 0 Å². The average Bonchev–Trinajstić information content (AvgIpc) is 2.17. The van der Waals surface area contributed by atoms with Crippen molar-refractivity contribution in [1.82, 2.24) is 0 Å². The SMILES string of the molecule is CC(C)(C)CS(=O)(=O)Nc1c(Br)cc(Br)cc1C(=O)O. The van der Waals surface area contributed by atoms with Crippen LogP contribution >= 0.6 is 31.9 Å². The Balaban J connectivity index is 3.25. The number of hydrogen-bond donors (Lipinski definition) is 2. The maximum absolute atomic E-state index is 12.1. The highest BCUT2D eigenvalue weighted by Crippen LogP contribution is 2.32. The quantitative estimate of drug-likeness (QED) is 0.765. The van der Waals surface area contributed by atoms with Gasteiger partial charge in [0.15, 0.2) is 0 Å². The lowest BCUT2D eigenvalue weighted by atomic mass is 10.0. The van der Waals surface area contributed by atoms with Crippen molar-refractivity contribution in [1.29, 1.82) is 0 Å². The maximum atomic E-state index is 12.1. The Morgan fingerprint density at radius 1 is 1.30 bits per heavy atom. The van der Waals surface area contributed by atoms with Crippen molar-refractivity contribution in [2.45, 2.75) is 20.8 Å². The number of sulfonamides is 1. The van der Waals surface area contributed by atoms with Crippen LogP contribution in [0.5, 0.6) is 0 Å². The lowest BCUT2D eigenvalue weighted by Gasteiger charge is -2.20. The van der Waals surface area contributed by atoms with E-state index in [1.165, 1.54) is 6.07 Å². The number of aromatic carboxylic acids is 1. The predicted molar refractivity (Wildman–Crippen MR) is 85.7 cm³/mol. The molecule has 0 bridgehead atoms. The normalized spacial score (nSPS) is 12.2. The molecule has 112 valence electrons. The molecule has 5 nitrogen and oxygen atoms in total. The molecule has 0 aromatic heterocycles. The molecule has 0 radical (unpaired) electrons. The van der Waals surface area contributed by atoms with Gasteiger partial charge in [0, 0.05) is 8.95 Å². The van der Waals surface area contributed by atoms with Crippen LogP contribution in [-0.2, 0) is 10.0 Å². The molecule has 8 heteroatoms. The fourth-order valence-electron chi connectivity index (χ4n) is 1.61. The van der Waals surface area contributed by atoms with Crippen LogP contribution < -0.4 is 4.72 Å². The average molecular weight is 429 g/mol. The molecule has 1 aromatic rings. The number of carbonyl (C=O) groups is 1. The Morgan fingerprint density at radius 2 is 1.85 bits per heavy atom. The zero-order valence-electron chi connectivity index (χ0n) is 11.2. The monoisotopic (exact) mass is 427 g/mol. The molecule has 0 aliphatic carbocycles. The summed E-state index contributed by atoms with van der Waals surface area (Å²) in [5, 5.41) is 9.17. The summed E-state index contributed by atoms with van der Waals surface area (Å²) >= 11 is 6.35. The lowest BCUT2D eigenvalue weighted by molar-refractivity contribution is 0.0698. The van der Waals surface area contributed by atoms with Crippen LogP contribution in [0.15, 0.2) is 21.1 Å². The summed E-state index contributed by atoms with van der Waals surface area (Å²) in [7, 11) is -3.64. The van der Waals surface area contributed by atoms with Crippen LogP contribution in [0.2, 0.25) is 0 Å². The molecule has 0 saturated carbocycles. The van der Waals surface area contributed by atoms with E-state index in [1.807, 2.05) is 0 Å². The highest BCUT2D eigenvalue weighted by molar-refractivity contribution is 9.11. The van der Waals surface area contributed by atoms with E-state index in [9.17, 15) is 13.2 Å². The molecule has 0 aliphatic heterocycles. The van der Waals surface area contributed by atoms with Gasteiger partial charge in [-0.1, -0.05) is 36.7 Å². The lowest BCUT2D eigenvalue weighted by Crippen LogP contribution is -2.27. The van der Waals surface area contributed by atoms with Gasteiger partial charge >= 0.3 is 5.97 Å². The van der Waals surface area contributed by atoms with Crippen LogP contribution in [-0.4, -0.2) is 25.2 Å². The van der Waals surface area contributed by atoms with Gasteiger partial charge < -0.3 is 5.11 Å². The first-order valence-electron chi connectivity index (χ1n) is 5.64. The zero-order chi connectivity index (χ0) is 15.7. The van der Waals surface area contributed by atoms with E-state index in [1.54, 1.807) is 26.8 Å². The van der Waals surface area contributed by atoms with Gasteiger partial charge in [0.1, 0.15) is 0 Å². The minimum atomic E-state index is -3.64. The third-order valence-corrected chi connectivity index (χ3v) is 5.01. The Kier molecular flexibility index (Phi) is 5.26. The molecule has 0 amide bonds. The molecular formula is C12H15Br2NO4S. The Bertz CT molecular complexity index is 636. The molecule has 0 heterocycles. The molecule has 0 spiro atoms. The van der Waals surface area contributed by atoms with E-state index in [0.717, 1.165) is 0 Å². The summed E-state index contributed by atoms with van der Waals surface area (Å²) in [6.07, 6.45) is 0. The second-order valence-corrected chi connectivity index (χ2v) is 9.03. The number of hydrogen-bond acceptors (Lipinski definition) is 3. The van der Waals surface area contributed by atoms with Crippen LogP contribution in [0.25, 0.3) is 0 Å². The third-order valence-electron chi connectivity index (χ3n) is 2.17. The molecule has 1 aromatic carbocycles. The van der Waals surface area contributed by atoms with Crippen molar-refractivity contribution in [2.75, 3.05) is 10.5 Å². The minimum absolute atomic E-state index is 0.0324. The molecule has 0 atom stereocenters. The van der Waals surface area contributed by atoms with Crippen molar-refractivity contribution in [3.8, 4) is 0 Å². The molecule has 20 heavy (non-hydrogen) atoms. The fraction of sp³-hybridized carbons (Fsp3) is 0.417. The van der Waals surface area contributed by atoms with E-state index in [-0.39, 0.29) is 17.0 Å². The van der Waals surface area contributed by atoms with E-state index < -0.39 is 21.4 Å². The van der Waals surface area contributed by atoms with E-state index in [2.05, 4.69) is 36.6 Å². The third kappa shape index (κ3) is 5.06. The summed E-state index contributed by atoms with van der Waals surface area (Å²) in [5.41, 5.74) is -0.523. The molecule has 0 unspecified atom stereocenters. The molecular weight excluding hydrogens is 414 g/mol. The smallest absolute Gasteiger partial charge is 0.337 e. The van der Waals surface area contributed by atoms with Gasteiger partial charge in [-0.3, -0.25) is 4.72 Å². The van der Waals surface area contributed by atoms with Gasteiger partial charge in [0.25, 0.3) is 0 Å². The van der Waals surface area contributed by atoms with Gasteiger partial charge in [0.2, 0.25) is 10.0 Å². The number of carboxylic acids is 1. The number of carboxylic acid groups (broad SMARTS) is 1. The van der Waals surface area contributed by atoms with Crippen molar-refractivity contribution >= 4 is 53.5 Å².